The van der Waals surface area contributed by atoms with Crippen molar-refractivity contribution >= 4 is 11.6 Å². The van der Waals surface area contributed by atoms with Crippen LogP contribution in [0.1, 0.15) is 37.5 Å². The Kier molecular flexibility index (Phi) is 4.22. The Balaban J connectivity index is 1.82. The van der Waals surface area contributed by atoms with Crippen molar-refractivity contribution in [1.82, 2.24) is 9.97 Å². The SMILES string of the molecule is CCNc1cc(N2CCc3cc(C(C)(C)O)ccc3C2)ncn1. The standard InChI is InChI=1S/C18H24N4O/c1-4-19-16-10-17(21-12-20-16)22-8-7-13-9-15(18(2,3)23)6-5-14(13)11-22/h5-6,9-10,12,23H,4,7-8,11H2,1-3H3,(H,19,20,21). The first-order valence-electron chi connectivity index (χ1n) is 8.13. The molecule has 0 unspecified atom stereocenters. The molecule has 0 saturated carbocycles. The smallest absolute Gasteiger partial charge is 0.134 e. The number of nitrogens with zero attached hydrogens (tertiary/aromatic N) is 3. The molecule has 0 saturated heterocycles. The second-order valence-electron chi connectivity index (χ2n) is 6.51. The third-order valence-electron chi connectivity index (χ3n) is 4.26. The fourth-order valence-corrected chi connectivity index (χ4v) is 2.93. The summed E-state index contributed by atoms with van der Waals surface area (Å²) in [6.07, 6.45) is 2.57. The van der Waals surface area contributed by atoms with Gasteiger partial charge >= 0.3 is 0 Å². The van der Waals surface area contributed by atoms with Gasteiger partial charge in [0.2, 0.25) is 0 Å². The topological polar surface area (TPSA) is 61.3 Å². The van der Waals surface area contributed by atoms with E-state index in [1.807, 2.05) is 26.0 Å². The summed E-state index contributed by atoms with van der Waals surface area (Å²) in [4.78, 5) is 10.9. The van der Waals surface area contributed by atoms with Crippen molar-refractivity contribution in [2.24, 2.45) is 0 Å². The average molecular weight is 312 g/mol. The lowest BCUT2D eigenvalue weighted by molar-refractivity contribution is 0.0785. The fraction of sp³-hybridized carbons (Fsp3) is 0.444. The lowest BCUT2D eigenvalue weighted by Gasteiger charge is -2.31. The Labute approximate surface area is 137 Å². The van der Waals surface area contributed by atoms with Crippen LogP contribution in [0.15, 0.2) is 30.6 Å². The number of hydrogen-bond donors (Lipinski definition) is 2. The van der Waals surface area contributed by atoms with Crippen LogP contribution < -0.4 is 10.2 Å². The summed E-state index contributed by atoms with van der Waals surface area (Å²) in [5, 5.41) is 13.4. The number of aromatic nitrogens is 2. The molecule has 0 bridgehead atoms. The highest BCUT2D eigenvalue weighted by Crippen LogP contribution is 2.28. The number of rotatable bonds is 4. The van der Waals surface area contributed by atoms with Crippen molar-refractivity contribution in [2.45, 2.75) is 39.3 Å². The highest BCUT2D eigenvalue weighted by molar-refractivity contribution is 5.51. The maximum absolute atomic E-state index is 10.2. The molecule has 2 heterocycles. The molecule has 5 heteroatoms. The fourth-order valence-electron chi connectivity index (χ4n) is 2.93. The first-order valence-corrected chi connectivity index (χ1v) is 8.13. The van der Waals surface area contributed by atoms with E-state index in [4.69, 9.17) is 0 Å². The molecule has 23 heavy (non-hydrogen) atoms. The van der Waals surface area contributed by atoms with Gasteiger partial charge in [-0.3, -0.25) is 0 Å². The highest BCUT2D eigenvalue weighted by Gasteiger charge is 2.22. The number of fused-ring (bicyclic) bond motifs is 1. The maximum Gasteiger partial charge on any atom is 0.134 e. The number of benzene rings is 1. The Hall–Kier alpha value is -2.14. The molecule has 0 aliphatic carbocycles. The summed E-state index contributed by atoms with van der Waals surface area (Å²) < 4.78 is 0. The zero-order chi connectivity index (χ0) is 16.4. The largest absolute Gasteiger partial charge is 0.386 e. The van der Waals surface area contributed by atoms with Crippen LogP contribution in [0.5, 0.6) is 0 Å². The van der Waals surface area contributed by atoms with Crippen LogP contribution in [0.4, 0.5) is 11.6 Å². The third kappa shape index (κ3) is 3.45. The Morgan fingerprint density at radius 3 is 2.78 bits per heavy atom. The minimum Gasteiger partial charge on any atom is -0.386 e. The summed E-state index contributed by atoms with van der Waals surface area (Å²) in [7, 11) is 0. The van der Waals surface area contributed by atoms with E-state index in [2.05, 4.69) is 39.2 Å². The summed E-state index contributed by atoms with van der Waals surface area (Å²) in [5.74, 6) is 1.81. The van der Waals surface area contributed by atoms with Crippen LogP contribution in [0.25, 0.3) is 0 Å². The lowest BCUT2D eigenvalue weighted by Crippen LogP contribution is -2.31. The minimum atomic E-state index is -0.792. The Bertz CT molecular complexity index is 694. The Morgan fingerprint density at radius 2 is 2.04 bits per heavy atom. The van der Waals surface area contributed by atoms with Crippen molar-refractivity contribution in [1.29, 1.82) is 0 Å². The second-order valence-corrected chi connectivity index (χ2v) is 6.51. The predicted octanol–water partition coefficient (Wildman–Crippen LogP) is 2.70. The van der Waals surface area contributed by atoms with Crippen molar-refractivity contribution in [3.8, 4) is 0 Å². The maximum atomic E-state index is 10.2. The van der Waals surface area contributed by atoms with Crippen molar-refractivity contribution < 1.29 is 5.11 Å². The summed E-state index contributed by atoms with van der Waals surface area (Å²) in [5.41, 5.74) is 2.80. The molecular weight excluding hydrogens is 288 g/mol. The quantitative estimate of drug-likeness (QED) is 0.909. The van der Waals surface area contributed by atoms with Crippen LogP contribution in [0, 0.1) is 0 Å². The summed E-state index contributed by atoms with van der Waals surface area (Å²) in [6, 6.07) is 8.28. The van der Waals surface area contributed by atoms with Crippen LogP contribution in [0.2, 0.25) is 0 Å². The summed E-state index contributed by atoms with van der Waals surface area (Å²) >= 11 is 0. The van der Waals surface area contributed by atoms with Crippen molar-refractivity contribution in [3.63, 3.8) is 0 Å². The molecule has 122 valence electrons. The van der Waals surface area contributed by atoms with Gasteiger partial charge in [0.15, 0.2) is 0 Å². The average Bonchev–Trinajstić information content (AvgIpc) is 2.53. The van der Waals surface area contributed by atoms with Crippen LogP contribution in [-0.4, -0.2) is 28.2 Å². The molecule has 0 atom stereocenters. The number of aliphatic hydroxyl groups is 1. The van der Waals surface area contributed by atoms with Gasteiger partial charge in [-0.1, -0.05) is 18.2 Å². The van der Waals surface area contributed by atoms with Crippen LogP contribution in [0.3, 0.4) is 0 Å². The zero-order valence-electron chi connectivity index (χ0n) is 14.0. The lowest BCUT2D eigenvalue weighted by atomic mass is 9.91. The predicted molar refractivity (Wildman–Crippen MR) is 92.6 cm³/mol. The third-order valence-corrected chi connectivity index (χ3v) is 4.26. The van der Waals surface area contributed by atoms with E-state index in [1.165, 1.54) is 11.1 Å². The van der Waals surface area contributed by atoms with Gasteiger partial charge in [-0.2, -0.15) is 0 Å². The van der Waals surface area contributed by atoms with E-state index >= 15 is 0 Å². The normalized spacial score (nSPS) is 14.5. The molecule has 1 aliphatic rings. The molecule has 0 spiro atoms. The highest BCUT2D eigenvalue weighted by atomic mass is 16.3. The van der Waals surface area contributed by atoms with Gasteiger partial charge < -0.3 is 15.3 Å². The van der Waals surface area contributed by atoms with E-state index in [9.17, 15) is 5.11 Å². The van der Waals surface area contributed by atoms with Gasteiger partial charge in [-0.05, 0) is 43.9 Å². The number of hydrogen-bond acceptors (Lipinski definition) is 5. The van der Waals surface area contributed by atoms with E-state index in [-0.39, 0.29) is 0 Å². The molecule has 2 N–H and O–H groups in total. The number of nitrogens with one attached hydrogen (secondary N) is 1. The van der Waals surface area contributed by atoms with Gasteiger partial charge in [-0.25, -0.2) is 9.97 Å². The first-order chi connectivity index (χ1) is 11.0. The molecule has 1 aromatic carbocycles. The molecule has 0 amide bonds. The van der Waals surface area contributed by atoms with E-state index in [0.29, 0.717) is 0 Å². The minimum absolute atomic E-state index is 0.792. The second kappa shape index (κ2) is 6.16. The van der Waals surface area contributed by atoms with Crippen LogP contribution >= 0.6 is 0 Å². The van der Waals surface area contributed by atoms with Gasteiger partial charge in [0, 0.05) is 25.7 Å². The molecule has 0 fully saturated rings. The molecule has 2 aromatic rings. The summed E-state index contributed by atoms with van der Waals surface area (Å²) in [6.45, 7) is 8.31. The molecule has 1 aromatic heterocycles. The molecule has 5 nitrogen and oxygen atoms in total. The number of anilines is 2. The molecule has 0 radical (unpaired) electrons. The molecule has 1 aliphatic heterocycles. The van der Waals surface area contributed by atoms with Gasteiger partial charge in [0.25, 0.3) is 0 Å². The van der Waals surface area contributed by atoms with E-state index in [1.54, 1.807) is 6.33 Å². The van der Waals surface area contributed by atoms with Crippen molar-refractivity contribution in [3.05, 3.63) is 47.3 Å². The monoisotopic (exact) mass is 312 g/mol. The van der Waals surface area contributed by atoms with Gasteiger partial charge in [0.1, 0.15) is 18.0 Å². The molecular formula is C18H24N4O. The van der Waals surface area contributed by atoms with E-state index in [0.717, 1.165) is 43.3 Å². The Morgan fingerprint density at radius 1 is 1.22 bits per heavy atom. The van der Waals surface area contributed by atoms with E-state index < -0.39 is 5.60 Å². The zero-order valence-corrected chi connectivity index (χ0v) is 14.0. The van der Waals surface area contributed by atoms with Crippen molar-refractivity contribution in [2.75, 3.05) is 23.3 Å². The van der Waals surface area contributed by atoms with Crippen LogP contribution in [-0.2, 0) is 18.6 Å². The molecule has 3 rings (SSSR count). The van der Waals surface area contributed by atoms with Gasteiger partial charge in [-0.15, -0.1) is 0 Å². The van der Waals surface area contributed by atoms with Gasteiger partial charge in [0.05, 0.1) is 5.60 Å². The first kappa shape index (κ1) is 15.7.